The molecule has 1 aliphatic rings. The predicted octanol–water partition coefficient (Wildman–Crippen LogP) is 2.09. The van der Waals surface area contributed by atoms with Crippen LogP contribution in [0.15, 0.2) is 24.3 Å². The normalized spacial score (nSPS) is 17.2. The first-order chi connectivity index (χ1) is 8.24. The Morgan fingerprint density at radius 2 is 2.18 bits per heavy atom. The molecule has 2 N–H and O–H groups in total. The maximum absolute atomic E-state index is 12.2. The molecule has 0 saturated carbocycles. The number of carbonyl (C=O) groups excluding carboxylic acids is 1. The molecule has 0 saturated heterocycles. The van der Waals surface area contributed by atoms with Crippen LogP contribution in [0.4, 0.5) is 5.69 Å². The van der Waals surface area contributed by atoms with E-state index in [1.165, 1.54) is 5.56 Å². The van der Waals surface area contributed by atoms with Gasteiger partial charge in [0.2, 0.25) is 5.91 Å². The molecule has 0 bridgehead atoms. The summed E-state index contributed by atoms with van der Waals surface area (Å²) in [6.45, 7) is 2.75. The van der Waals surface area contributed by atoms with Gasteiger partial charge in [-0.2, -0.15) is 0 Å². The maximum Gasteiger partial charge on any atom is 0.243 e. The van der Waals surface area contributed by atoms with Gasteiger partial charge in [0.15, 0.2) is 0 Å². The zero-order valence-corrected chi connectivity index (χ0v) is 10.4. The van der Waals surface area contributed by atoms with Crippen molar-refractivity contribution in [2.45, 2.75) is 38.6 Å². The SMILES string of the molecule is CC[C@@H](N)C(=O)N1CCCCc2ccccc21. The number of nitrogens with two attached hydrogens (primary N) is 1. The Morgan fingerprint density at radius 1 is 1.41 bits per heavy atom. The summed E-state index contributed by atoms with van der Waals surface area (Å²) >= 11 is 0. The Hall–Kier alpha value is -1.35. The third-order valence-electron chi connectivity index (χ3n) is 3.38. The van der Waals surface area contributed by atoms with Crippen LogP contribution in [0.1, 0.15) is 31.7 Å². The van der Waals surface area contributed by atoms with Crippen molar-refractivity contribution in [2.75, 3.05) is 11.4 Å². The van der Waals surface area contributed by atoms with Crippen molar-refractivity contribution in [3.63, 3.8) is 0 Å². The number of carbonyl (C=O) groups is 1. The lowest BCUT2D eigenvalue weighted by Gasteiger charge is -2.25. The van der Waals surface area contributed by atoms with E-state index in [-0.39, 0.29) is 11.9 Å². The number of para-hydroxylation sites is 1. The minimum Gasteiger partial charge on any atom is -0.320 e. The zero-order chi connectivity index (χ0) is 12.3. The summed E-state index contributed by atoms with van der Waals surface area (Å²) in [6, 6.07) is 7.79. The molecule has 3 heteroatoms. The smallest absolute Gasteiger partial charge is 0.243 e. The van der Waals surface area contributed by atoms with Gasteiger partial charge in [-0.05, 0) is 37.3 Å². The van der Waals surface area contributed by atoms with Crippen LogP contribution in [-0.2, 0) is 11.2 Å². The lowest BCUT2D eigenvalue weighted by atomic mass is 10.1. The number of fused-ring (bicyclic) bond motifs is 1. The van der Waals surface area contributed by atoms with Crippen molar-refractivity contribution in [3.05, 3.63) is 29.8 Å². The monoisotopic (exact) mass is 232 g/mol. The molecule has 17 heavy (non-hydrogen) atoms. The minimum absolute atomic E-state index is 0.0573. The molecule has 1 aromatic carbocycles. The molecule has 2 rings (SSSR count). The van der Waals surface area contributed by atoms with E-state index in [1.807, 2.05) is 30.0 Å². The predicted molar refractivity (Wildman–Crippen MR) is 70.0 cm³/mol. The van der Waals surface area contributed by atoms with Crippen molar-refractivity contribution in [2.24, 2.45) is 5.73 Å². The fourth-order valence-electron chi connectivity index (χ4n) is 2.30. The summed E-state index contributed by atoms with van der Waals surface area (Å²) in [5.74, 6) is 0.0573. The summed E-state index contributed by atoms with van der Waals surface area (Å²) in [5.41, 5.74) is 8.18. The number of nitrogens with zero attached hydrogens (tertiary/aromatic N) is 1. The quantitative estimate of drug-likeness (QED) is 0.848. The van der Waals surface area contributed by atoms with Gasteiger partial charge in [0, 0.05) is 12.2 Å². The average molecular weight is 232 g/mol. The molecule has 0 aromatic heterocycles. The van der Waals surface area contributed by atoms with Gasteiger partial charge in [-0.1, -0.05) is 25.1 Å². The maximum atomic E-state index is 12.2. The van der Waals surface area contributed by atoms with Crippen molar-refractivity contribution >= 4 is 11.6 Å². The van der Waals surface area contributed by atoms with Gasteiger partial charge in [-0.25, -0.2) is 0 Å². The molecule has 0 aliphatic carbocycles. The van der Waals surface area contributed by atoms with Gasteiger partial charge in [0.1, 0.15) is 0 Å². The van der Waals surface area contributed by atoms with Crippen molar-refractivity contribution in [1.82, 2.24) is 0 Å². The zero-order valence-electron chi connectivity index (χ0n) is 10.4. The molecule has 0 unspecified atom stereocenters. The molecule has 0 fully saturated rings. The van der Waals surface area contributed by atoms with E-state index in [0.29, 0.717) is 6.42 Å². The van der Waals surface area contributed by atoms with Crippen LogP contribution in [0, 0.1) is 0 Å². The van der Waals surface area contributed by atoms with E-state index in [1.54, 1.807) is 0 Å². The Labute approximate surface area is 103 Å². The second kappa shape index (κ2) is 5.32. The Morgan fingerprint density at radius 3 is 2.94 bits per heavy atom. The Kier molecular flexibility index (Phi) is 3.79. The van der Waals surface area contributed by atoms with Crippen LogP contribution < -0.4 is 10.6 Å². The van der Waals surface area contributed by atoms with Gasteiger partial charge in [-0.15, -0.1) is 0 Å². The first kappa shape index (κ1) is 12.1. The van der Waals surface area contributed by atoms with E-state index < -0.39 is 0 Å². The molecule has 1 heterocycles. The lowest BCUT2D eigenvalue weighted by molar-refractivity contribution is -0.119. The molecule has 92 valence electrons. The number of hydrogen-bond donors (Lipinski definition) is 1. The third kappa shape index (κ3) is 2.50. The van der Waals surface area contributed by atoms with Gasteiger partial charge in [-0.3, -0.25) is 4.79 Å². The van der Waals surface area contributed by atoms with Crippen LogP contribution in [0.2, 0.25) is 0 Å². The molecule has 1 atom stereocenters. The van der Waals surface area contributed by atoms with Gasteiger partial charge >= 0.3 is 0 Å². The Bertz CT molecular complexity index is 403. The highest BCUT2D eigenvalue weighted by molar-refractivity contribution is 5.97. The second-order valence-corrected chi connectivity index (χ2v) is 4.59. The highest BCUT2D eigenvalue weighted by atomic mass is 16.2. The van der Waals surface area contributed by atoms with E-state index in [9.17, 15) is 4.79 Å². The van der Waals surface area contributed by atoms with E-state index in [0.717, 1.165) is 31.5 Å². The molecule has 1 aromatic rings. The fraction of sp³-hybridized carbons (Fsp3) is 0.500. The topological polar surface area (TPSA) is 46.3 Å². The molecule has 0 spiro atoms. The third-order valence-corrected chi connectivity index (χ3v) is 3.38. The molecular formula is C14H20N2O. The van der Waals surface area contributed by atoms with Gasteiger partial charge in [0.05, 0.1) is 6.04 Å². The summed E-state index contributed by atoms with van der Waals surface area (Å²) in [5, 5.41) is 0. The number of amides is 1. The summed E-state index contributed by atoms with van der Waals surface area (Å²) < 4.78 is 0. The van der Waals surface area contributed by atoms with Crippen LogP contribution in [0.5, 0.6) is 0 Å². The fourth-order valence-corrected chi connectivity index (χ4v) is 2.30. The minimum atomic E-state index is -0.374. The summed E-state index contributed by atoms with van der Waals surface area (Å²) in [7, 11) is 0. The molecule has 3 nitrogen and oxygen atoms in total. The molecule has 0 radical (unpaired) electrons. The highest BCUT2D eigenvalue weighted by Crippen LogP contribution is 2.26. The van der Waals surface area contributed by atoms with Gasteiger partial charge < -0.3 is 10.6 Å². The van der Waals surface area contributed by atoms with Crippen LogP contribution in [0.25, 0.3) is 0 Å². The average Bonchev–Trinajstić information content (AvgIpc) is 2.59. The number of anilines is 1. The molecular weight excluding hydrogens is 212 g/mol. The van der Waals surface area contributed by atoms with E-state index >= 15 is 0 Å². The highest BCUT2D eigenvalue weighted by Gasteiger charge is 2.24. The molecule has 1 amide bonds. The van der Waals surface area contributed by atoms with Crippen molar-refractivity contribution < 1.29 is 4.79 Å². The van der Waals surface area contributed by atoms with Crippen LogP contribution in [0.3, 0.4) is 0 Å². The summed E-state index contributed by atoms with van der Waals surface area (Å²) in [6.07, 6.45) is 3.94. The number of rotatable bonds is 2. The van der Waals surface area contributed by atoms with E-state index in [4.69, 9.17) is 5.73 Å². The van der Waals surface area contributed by atoms with Gasteiger partial charge in [0.25, 0.3) is 0 Å². The van der Waals surface area contributed by atoms with Crippen molar-refractivity contribution in [1.29, 1.82) is 0 Å². The molecule has 1 aliphatic heterocycles. The standard InChI is InChI=1S/C14H20N2O/c1-2-12(15)14(17)16-10-6-5-8-11-7-3-4-9-13(11)16/h3-4,7,9,12H,2,5-6,8,10,15H2,1H3/t12-/m1/s1. The lowest BCUT2D eigenvalue weighted by Crippen LogP contribution is -2.44. The largest absolute Gasteiger partial charge is 0.320 e. The Balaban J connectivity index is 2.31. The number of aryl methyl sites for hydroxylation is 1. The second-order valence-electron chi connectivity index (χ2n) is 4.59. The first-order valence-electron chi connectivity index (χ1n) is 6.39. The summed E-state index contributed by atoms with van der Waals surface area (Å²) in [4.78, 5) is 14.1. The first-order valence-corrected chi connectivity index (χ1v) is 6.39. The van der Waals surface area contributed by atoms with Crippen LogP contribution >= 0.6 is 0 Å². The van der Waals surface area contributed by atoms with Crippen molar-refractivity contribution in [3.8, 4) is 0 Å². The van der Waals surface area contributed by atoms with E-state index in [2.05, 4.69) is 6.07 Å². The number of benzene rings is 1. The number of hydrogen-bond acceptors (Lipinski definition) is 2. The van der Waals surface area contributed by atoms with Crippen LogP contribution in [-0.4, -0.2) is 18.5 Å².